The van der Waals surface area contributed by atoms with Crippen molar-refractivity contribution in [1.29, 1.82) is 5.26 Å². The lowest BCUT2D eigenvalue weighted by Crippen LogP contribution is -2.35. The zero-order chi connectivity index (χ0) is 23.3. The molecule has 1 fully saturated rings. The molecule has 0 bridgehead atoms. The number of carbonyl (C=O) groups is 1. The van der Waals surface area contributed by atoms with Crippen LogP contribution in [-0.4, -0.2) is 45.4 Å². The topological polar surface area (TPSA) is 81.5 Å². The Bertz CT molecular complexity index is 1250. The van der Waals surface area contributed by atoms with E-state index in [1.807, 2.05) is 29.2 Å². The van der Waals surface area contributed by atoms with Gasteiger partial charge in [-0.05, 0) is 60.5 Å². The average molecular weight is 460 g/mol. The van der Waals surface area contributed by atoms with E-state index in [1.54, 1.807) is 54.6 Å². The summed E-state index contributed by atoms with van der Waals surface area (Å²) in [6.07, 6.45) is 0.846. The summed E-state index contributed by atoms with van der Waals surface area (Å²) in [5.74, 6) is -0.150. The first-order chi connectivity index (χ1) is 16.0. The molecule has 3 aromatic rings. The molecule has 7 heteroatoms. The fourth-order valence-electron chi connectivity index (χ4n) is 3.98. The molecular formula is C26H25N3O3S. The van der Waals surface area contributed by atoms with E-state index in [1.165, 1.54) is 0 Å². The molecule has 0 aromatic heterocycles. The zero-order valence-electron chi connectivity index (χ0n) is 18.2. The van der Waals surface area contributed by atoms with E-state index in [4.69, 9.17) is 5.26 Å². The molecule has 0 aliphatic carbocycles. The number of anilines is 1. The van der Waals surface area contributed by atoms with E-state index in [-0.39, 0.29) is 11.7 Å². The number of nitrogens with zero attached hydrogens (tertiary/aromatic N) is 3. The Morgan fingerprint density at radius 3 is 2.21 bits per heavy atom. The standard InChI is InChI=1S/C26H25N3O3S/c27-19-21-9-13-24(14-10-21)28-15-4-16-29(18-17-28)26(30)23-11-7-22(8-12-23)20-33(31,32)25-5-2-1-3-6-25/h1-3,5-14H,4,15-18,20H2. The third-order valence-corrected chi connectivity index (χ3v) is 7.51. The molecule has 3 aromatic carbocycles. The van der Waals surface area contributed by atoms with E-state index < -0.39 is 9.84 Å². The van der Waals surface area contributed by atoms with Gasteiger partial charge in [-0.2, -0.15) is 5.26 Å². The summed E-state index contributed by atoms with van der Waals surface area (Å²) in [5.41, 5.74) is 2.89. The summed E-state index contributed by atoms with van der Waals surface area (Å²) in [7, 11) is -3.43. The van der Waals surface area contributed by atoms with E-state index in [9.17, 15) is 13.2 Å². The number of rotatable bonds is 5. The van der Waals surface area contributed by atoms with Gasteiger partial charge >= 0.3 is 0 Å². The van der Waals surface area contributed by atoms with Crippen molar-refractivity contribution in [2.24, 2.45) is 0 Å². The van der Waals surface area contributed by atoms with Crippen LogP contribution < -0.4 is 4.90 Å². The lowest BCUT2D eigenvalue weighted by molar-refractivity contribution is 0.0767. The number of amides is 1. The first-order valence-corrected chi connectivity index (χ1v) is 12.5. The van der Waals surface area contributed by atoms with Gasteiger partial charge in [-0.3, -0.25) is 4.79 Å². The number of hydrogen-bond acceptors (Lipinski definition) is 5. The van der Waals surface area contributed by atoms with Crippen LogP contribution in [0.5, 0.6) is 0 Å². The molecule has 0 spiro atoms. The maximum atomic E-state index is 13.1. The van der Waals surface area contributed by atoms with Gasteiger partial charge in [0.15, 0.2) is 9.84 Å². The first-order valence-electron chi connectivity index (χ1n) is 10.9. The molecule has 1 aliphatic rings. The fourth-order valence-corrected chi connectivity index (χ4v) is 5.35. The van der Waals surface area contributed by atoms with E-state index in [2.05, 4.69) is 11.0 Å². The van der Waals surface area contributed by atoms with Gasteiger partial charge in [0.1, 0.15) is 0 Å². The van der Waals surface area contributed by atoms with Gasteiger partial charge in [0.2, 0.25) is 0 Å². The molecule has 4 rings (SSSR count). The second kappa shape index (κ2) is 9.88. The van der Waals surface area contributed by atoms with E-state index in [0.717, 1.165) is 18.7 Å². The molecule has 1 saturated heterocycles. The molecule has 33 heavy (non-hydrogen) atoms. The Hall–Kier alpha value is -3.63. The fraction of sp³-hybridized carbons (Fsp3) is 0.231. The molecule has 0 radical (unpaired) electrons. The highest BCUT2D eigenvalue weighted by Crippen LogP contribution is 2.20. The van der Waals surface area contributed by atoms with Crippen LogP contribution >= 0.6 is 0 Å². The van der Waals surface area contributed by atoms with Gasteiger partial charge in [-0.15, -0.1) is 0 Å². The van der Waals surface area contributed by atoms with Crippen LogP contribution in [0, 0.1) is 11.3 Å². The second-order valence-electron chi connectivity index (χ2n) is 8.06. The average Bonchev–Trinajstić information content (AvgIpc) is 3.11. The lowest BCUT2D eigenvalue weighted by atomic mass is 10.1. The van der Waals surface area contributed by atoms with Crippen LogP contribution in [0.2, 0.25) is 0 Å². The summed E-state index contributed by atoms with van der Waals surface area (Å²) in [4.78, 5) is 17.4. The number of carbonyl (C=O) groups excluding carboxylic acids is 1. The molecule has 0 unspecified atom stereocenters. The predicted octanol–water partition coefficient (Wildman–Crippen LogP) is 3.88. The van der Waals surface area contributed by atoms with E-state index >= 15 is 0 Å². The van der Waals surface area contributed by atoms with Gasteiger partial charge in [0.05, 0.1) is 22.3 Å². The quantitative estimate of drug-likeness (QED) is 0.578. The van der Waals surface area contributed by atoms with Gasteiger partial charge < -0.3 is 9.80 Å². The van der Waals surface area contributed by atoms with Crippen molar-refractivity contribution in [3.05, 3.63) is 95.6 Å². The molecule has 0 atom stereocenters. The molecule has 168 valence electrons. The largest absolute Gasteiger partial charge is 0.370 e. The van der Waals surface area contributed by atoms with Gasteiger partial charge in [0.25, 0.3) is 5.91 Å². The van der Waals surface area contributed by atoms with Crippen LogP contribution in [-0.2, 0) is 15.6 Å². The second-order valence-corrected chi connectivity index (χ2v) is 10.1. The molecule has 1 heterocycles. The predicted molar refractivity (Wildman–Crippen MR) is 128 cm³/mol. The minimum atomic E-state index is -3.43. The monoisotopic (exact) mass is 459 g/mol. The molecular weight excluding hydrogens is 434 g/mol. The molecule has 6 nitrogen and oxygen atoms in total. The Morgan fingerprint density at radius 1 is 0.848 bits per heavy atom. The van der Waals surface area contributed by atoms with Crippen molar-refractivity contribution < 1.29 is 13.2 Å². The van der Waals surface area contributed by atoms with Crippen molar-refractivity contribution >= 4 is 21.4 Å². The first kappa shape index (κ1) is 22.6. The number of sulfone groups is 1. The molecule has 1 amide bonds. The summed E-state index contributed by atoms with van der Waals surface area (Å²) in [5, 5.41) is 8.98. The summed E-state index contributed by atoms with van der Waals surface area (Å²) < 4.78 is 25.2. The minimum absolute atomic E-state index is 0.0471. The van der Waals surface area contributed by atoms with E-state index in [0.29, 0.717) is 41.2 Å². The van der Waals surface area contributed by atoms with Crippen LogP contribution in [0.15, 0.2) is 83.8 Å². The smallest absolute Gasteiger partial charge is 0.253 e. The maximum absolute atomic E-state index is 13.1. The van der Waals surface area contributed by atoms with Gasteiger partial charge in [-0.1, -0.05) is 30.3 Å². The van der Waals surface area contributed by atoms with Crippen molar-refractivity contribution in [2.75, 3.05) is 31.1 Å². The van der Waals surface area contributed by atoms with Gasteiger partial charge in [-0.25, -0.2) is 8.42 Å². The van der Waals surface area contributed by atoms with Crippen molar-refractivity contribution in [1.82, 2.24) is 4.90 Å². The third kappa shape index (κ3) is 5.41. The lowest BCUT2D eigenvalue weighted by Gasteiger charge is -2.24. The number of nitriles is 1. The maximum Gasteiger partial charge on any atom is 0.253 e. The Labute approximate surface area is 194 Å². The highest BCUT2D eigenvalue weighted by atomic mass is 32.2. The van der Waals surface area contributed by atoms with Crippen molar-refractivity contribution in [3.63, 3.8) is 0 Å². The van der Waals surface area contributed by atoms with Crippen LogP contribution in [0.25, 0.3) is 0 Å². The minimum Gasteiger partial charge on any atom is -0.370 e. The van der Waals surface area contributed by atoms with Crippen molar-refractivity contribution in [2.45, 2.75) is 17.1 Å². The summed E-state index contributed by atoms with van der Waals surface area (Å²) >= 11 is 0. The Balaban J connectivity index is 1.39. The molecule has 0 saturated carbocycles. The summed E-state index contributed by atoms with van der Waals surface area (Å²) in [6.45, 7) is 2.82. The summed E-state index contributed by atoms with van der Waals surface area (Å²) in [6, 6.07) is 24.9. The third-order valence-electron chi connectivity index (χ3n) is 5.80. The molecule has 1 aliphatic heterocycles. The van der Waals surface area contributed by atoms with Crippen LogP contribution in [0.3, 0.4) is 0 Å². The SMILES string of the molecule is N#Cc1ccc(N2CCCN(C(=O)c3ccc(CS(=O)(=O)c4ccccc4)cc3)CC2)cc1. The van der Waals surface area contributed by atoms with Gasteiger partial charge in [0, 0.05) is 37.4 Å². The number of benzene rings is 3. The highest BCUT2D eigenvalue weighted by Gasteiger charge is 2.21. The Kier molecular flexibility index (Phi) is 6.76. The van der Waals surface area contributed by atoms with Crippen LogP contribution in [0.1, 0.15) is 27.9 Å². The normalized spacial score (nSPS) is 14.4. The molecule has 0 N–H and O–H groups in total. The Morgan fingerprint density at radius 2 is 1.55 bits per heavy atom. The van der Waals surface area contributed by atoms with Crippen molar-refractivity contribution in [3.8, 4) is 6.07 Å². The van der Waals surface area contributed by atoms with Crippen LogP contribution in [0.4, 0.5) is 5.69 Å². The number of hydrogen-bond donors (Lipinski definition) is 0. The zero-order valence-corrected chi connectivity index (χ0v) is 19.0. The highest BCUT2D eigenvalue weighted by molar-refractivity contribution is 7.90.